The number of para-hydroxylation sites is 1. The number of carbonyl (C=O) groups excluding carboxylic acids is 1. The molecule has 0 aromatic heterocycles. The monoisotopic (exact) mass is 342 g/mol. The van der Waals surface area contributed by atoms with Gasteiger partial charge < -0.3 is 14.4 Å². The molecule has 5 nitrogen and oxygen atoms in total. The molecule has 0 saturated carbocycles. The summed E-state index contributed by atoms with van der Waals surface area (Å²) in [5.41, 5.74) is 1.12. The Morgan fingerprint density at radius 1 is 1.28 bits per heavy atom. The second kappa shape index (κ2) is 8.89. The van der Waals surface area contributed by atoms with Gasteiger partial charge >= 0.3 is 0 Å². The Bertz CT molecular complexity index is 620. The Labute approximate surface area is 149 Å². The van der Waals surface area contributed by atoms with Crippen LogP contribution in [0.4, 0.5) is 0 Å². The van der Waals surface area contributed by atoms with Crippen LogP contribution >= 0.6 is 0 Å². The van der Waals surface area contributed by atoms with E-state index in [-0.39, 0.29) is 18.4 Å². The number of rotatable bonds is 5. The molecule has 2 saturated heterocycles. The van der Waals surface area contributed by atoms with Crippen LogP contribution in [-0.2, 0) is 16.1 Å². The zero-order valence-corrected chi connectivity index (χ0v) is 14.7. The van der Waals surface area contributed by atoms with E-state index in [1.807, 2.05) is 23.1 Å². The highest BCUT2D eigenvalue weighted by molar-refractivity contribution is 5.79. The average Bonchev–Trinajstić information content (AvgIpc) is 2.67. The van der Waals surface area contributed by atoms with E-state index < -0.39 is 0 Å². The fourth-order valence-corrected chi connectivity index (χ4v) is 3.58. The van der Waals surface area contributed by atoms with Gasteiger partial charge in [0.25, 0.3) is 0 Å². The number of ether oxygens (including phenoxy) is 2. The van der Waals surface area contributed by atoms with Crippen LogP contribution in [0.5, 0.6) is 5.75 Å². The minimum atomic E-state index is 0.0886. The topological polar surface area (TPSA) is 42.0 Å². The van der Waals surface area contributed by atoms with Crippen LogP contribution in [0.15, 0.2) is 24.3 Å². The SMILES string of the molecule is C#CCOc1ccccc1CN1CCC[C@@H](C(=O)N2CCOCC2)C1. The molecule has 2 aliphatic heterocycles. The van der Waals surface area contributed by atoms with Crippen LogP contribution in [0, 0.1) is 18.3 Å². The average molecular weight is 342 g/mol. The largest absolute Gasteiger partial charge is 0.481 e. The van der Waals surface area contributed by atoms with Crippen molar-refractivity contribution in [2.45, 2.75) is 19.4 Å². The molecule has 0 spiro atoms. The molecule has 5 heteroatoms. The lowest BCUT2D eigenvalue weighted by molar-refractivity contribution is -0.141. The van der Waals surface area contributed by atoms with E-state index >= 15 is 0 Å². The van der Waals surface area contributed by atoms with Gasteiger partial charge in [0.1, 0.15) is 12.4 Å². The normalized spacial score (nSPS) is 21.6. The van der Waals surface area contributed by atoms with Crippen molar-refractivity contribution in [1.29, 1.82) is 0 Å². The van der Waals surface area contributed by atoms with Crippen LogP contribution in [0.1, 0.15) is 18.4 Å². The van der Waals surface area contributed by atoms with Crippen molar-refractivity contribution in [1.82, 2.24) is 9.80 Å². The van der Waals surface area contributed by atoms with E-state index in [0.717, 1.165) is 56.9 Å². The number of piperidine rings is 1. The number of terminal acetylenes is 1. The molecule has 0 unspecified atom stereocenters. The Hall–Kier alpha value is -2.03. The molecule has 3 rings (SSSR count). The summed E-state index contributed by atoms with van der Waals surface area (Å²) in [4.78, 5) is 17.1. The zero-order valence-electron chi connectivity index (χ0n) is 14.7. The molecule has 1 atom stereocenters. The van der Waals surface area contributed by atoms with Crippen molar-refractivity contribution in [3.8, 4) is 18.1 Å². The van der Waals surface area contributed by atoms with Gasteiger partial charge in [-0.3, -0.25) is 9.69 Å². The second-order valence-electron chi connectivity index (χ2n) is 6.61. The van der Waals surface area contributed by atoms with Gasteiger partial charge in [-0.05, 0) is 25.5 Å². The molecule has 25 heavy (non-hydrogen) atoms. The maximum Gasteiger partial charge on any atom is 0.227 e. The Kier molecular flexibility index (Phi) is 6.32. The van der Waals surface area contributed by atoms with E-state index in [9.17, 15) is 4.79 Å². The highest BCUT2D eigenvalue weighted by Crippen LogP contribution is 2.24. The smallest absolute Gasteiger partial charge is 0.227 e. The number of hydrogen-bond donors (Lipinski definition) is 0. The minimum absolute atomic E-state index is 0.0886. The minimum Gasteiger partial charge on any atom is -0.481 e. The molecule has 0 aliphatic carbocycles. The first-order valence-electron chi connectivity index (χ1n) is 9.01. The Morgan fingerprint density at radius 2 is 2.08 bits per heavy atom. The predicted molar refractivity (Wildman–Crippen MR) is 96.2 cm³/mol. The van der Waals surface area contributed by atoms with Gasteiger partial charge in [0, 0.05) is 31.7 Å². The number of morpholine rings is 1. The first kappa shape index (κ1) is 17.8. The fourth-order valence-electron chi connectivity index (χ4n) is 3.58. The maximum atomic E-state index is 12.8. The standard InChI is InChI=1S/C20H26N2O3/c1-2-12-25-19-8-4-3-6-17(19)15-21-9-5-7-18(16-21)20(23)22-10-13-24-14-11-22/h1,3-4,6,8,18H,5,7,9-16H2/t18-/m1/s1. The van der Waals surface area contributed by atoms with Crippen molar-refractivity contribution < 1.29 is 14.3 Å². The zero-order chi connectivity index (χ0) is 17.5. The molecule has 2 fully saturated rings. The van der Waals surface area contributed by atoms with Gasteiger partial charge in [-0.1, -0.05) is 24.1 Å². The summed E-state index contributed by atoms with van der Waals surface area (Å²) in [6.07, 6.45) is 7.32. The summed E-state index contributed by atoms with van der Waals surface area (Å²) in [5.74, 6) is 3.72. The molecular weight excluding hydrogens is 316 g/mol. The summed E-state index contributed by atoms with van der Waals surface area (Å²) in [5, 5.41) is 0. The number of nitrogens with zero attached hydrogens (tertiary/aromatic N) is 2. The lowest BCUT2D eigenvalue weighted by Gasteiger charge is -2.36. The Balaban J connectivity index is 1.60. The number of benzene rings is 1. The van der Waals surface area contributed by atoms with Crippen LogP contribution in [-0.4, -0.2) is 61.7 Å². The van der Waals surface area contributed by atoms with Crippen molar-refractivity contribution >= 4 is 5.91 Å². The van der Waals surface area contributed by atoms with Gasteiger partial charge in [0.2, 0.25) is 5.91 Å². The van der Waals surface area contributed by atoms with Crippen LogP contribution in [0.25, 0.3) is 0 Å². The molecule has 2 aliphatic rings. The summed E-state index contributed by atoms with van der Waals surface area (Å²) < 4.78 is 11.0. The van der Waals surface area contributed by atoms with E-state index in [1.165, 1.54) is 0 Å². The third-order valence-corrected chi connectivity index (χ3v) is 4.86. The quantitative estimate of drug-likeness (QED) is 0.765. The predicted octanol–water partition coefficient (Wildman–Crippen LogP) is 1.77. The van der Waals surface area contributed by atoms with Crippen molar-refractivity contribution in [2.75, 3.05) is 46.0 Å². The molecule has 0 radical (unpaired) electrons. The van der Waals surface area contributed by atoms with E-state index in [0.29, 0.717) is 13.2 Å². The number of hydrogen-bond acceptors (Lipinski definition) is 4. The van der Waals surface area contributed by atoms with E-state index in [4.69, 9.17) is 15.9 Å². The van der Waals surface area contributed by atoms with Crippen molar-refractivity contribution in [3.63, 3.8) is 0 Å². The fraction of sp³-hybridized carbons (Fsp3) is 0.550. The highest BCUT2D eigenvalue weighted by Gasteiger charge is 2.30. The number of carbonyl (C=O) groups is 1. The van der Waals surface area contributed by atoms with Crippen LogP contribution in [0.2, 0.25) is 0 Å². The van der Waals surface area contributed by atoms with Crippen LogP contribution in [0.3, 0.4) is 0 Å². The van der Waals surface area contributed by atoms with Gasteiger partial charge in [0.15, 0.2) is 0 Å². The second-order valence-corrected chi connectivity index (χ2v) is 6.61. The van der Waals surface area contributed by atoms with Crippen molar-refractivity contribution in [3.05, 3.63) is 29.8 Å². The first-order valence-corrected chi connectivity index (χ1v) is 9.01. The number of likely N-dealkylation sites (tertiary alicyclic amines) is 1. The first-order chi connectivity index (χ1) is 12.3. The molecule has 2 heterocycles. The van der Waals surface area contributed by atoms with Gasteiger partial charge in [-0.15, -0.1) is 6.42 Å². The molecule has 1 aromatic rings. The lowest BCUT2D eigenvalue weighted by atomic mass is 9.95. The van der Waals surface area contributed by atoms with Crippen molar-refractivity contribution in [2.24, 2.45) is 5.92 Å². The molecular formula is C20H26N2O3. The summed E-state index contributed by atoms with van der Waals surface area (Å²) in [6, 6.07) is 7.99. The Morgan fingerprint density at radius 3 is 2.88 bits per heavy atom. The third-order valence-electron chi connectivity index (χ3n) is 4.86. The van der Waals surface area contributed by atoms with Gasteiger partial charge in [-0.2, -0.15) is 0 Å². The number of amides is 1. The van der Waals surface area contributed by atoms with Gasteiger partial charge in [0.05, 0.1) is 19.1 Å². The van der Waals surface area contributed by atoms with Crippen LogP contribution < -0.4 is 4.74 Å². The summed E-state index contributed by atoms with van der Waals surface area (Å²) >= 11 is 0. The maximum absolute atomic E-state index is 12.8. The van der Waals surface area contributed by atoms with E-state index in [1.54, 1.807) is 0 Å². The highest BCUT2D eigenvalue weighted by atomic mass is 16.5. The molecule has 1 amide bonds. The molecule has 0 bridgehead atoms. The molecule has 134 valence electrons. The molecule has 1 aromatic carbocycles. The summed E-state index contributed by atoms with van der Waals surface area (Å²) in [6.45, 7) is 5.62. The molecule has 0 N–H and O–H groups in total. The van der Waals surface area contributed by atoms with Gasteiger partial charge in [-0.25, -0.2) is 0 Å². The van der Waals surface area contributed by atoms with E-state index in [2.05, 4.69) is 16.9 Å². The third kappa shape index (κ3) is 4.75. The lowest BCUT2D eigenvalue weighted by Crippen LogP contribution is -2.48. The summed E-state index contributed by atoms with van der Waals surface area (Å²) in [7, 11) is 0.